The molecule has 1 unspecified atom stereocenters. The Balaban J connectivity index is 0. The summed E-state index contributed by atoms with van der Waals surface area (Å²) in [7, 11) is 0. The van der Waals surface area contributed by atoms with Crippen molar-refractivity contribution in [1.82, 2.24) is 0 Å². The fraction of sp³-hybridized carbons (Fsp3) is 0.727. The second-order valence-corrected chi connectivity index (χ2v) is 3.19. The van der Waals surface area contributed by atoms with E-state index in [-0.39, 0.29) is 32.7 Å². The van der Waals surface area contributed by atoms with Gasteiger partial charge in [-0.2, -0.15) is 0 Å². The summed E-state index contributed by atoms with van der Waals surface area (Å²) >= 11 is 0. The van der Waals surface area contributed by atoms with Crippen molar-refractivity contribution >= 4 is 0 Å². The number of rotatable bonds is 5. The van der Waals surface area contributed by atoms with Gasteiger partial charge in [-0.05, 0) is 18.8 Å². The van der Waals surface area contributed by atoms with Gasteiger partial charge in [0.2, 0.25) is 0 Å². The molecule has 0 aromatic rings. The molecule has 0 N–H and O–H groups in total. The minimum atomic E-state index is 0. The van der Waals surface area contributed by atoms with Crippen LogP contribution in [0, 0.1) is 18.8 Å². The maximum atomic E-state index is 4.10. The summed E-state index contributed by atoms with van der Waals surface area (Å²) < 4.78 is 0. The molecule has 0 bridgehead atoms. The van der Waals surface area contributed by atoms with Gasteiger partial charge in [-0.15, -0.1) is 18.1 Å². The summed E-state index contributed by atoms with van der Waals surface area (Å²) in [4.78, 5) is 0. The van der Waals surface area contributed by atoms with Crippen LogP contribution < -0.4 is 0 Å². The van der Waals surface area contributed by atoms with Crippen LogP contribution in [0.2, 0.25) is 0 Å². The summed E-state index contributed by atoms with van der Waals surface area (Å²) in [6.45, 7) is 14.8. The number of hydrogen-bond acceptors (Lipinski definition) is 0. The van der Waals surface area contributed by atoms with E-state index in [0.717, 1.165) is 6.42 Å². The molecule has 0 fully saturated rings. The normalized spacial score (nSPS) is 12.4. The first kappa shape index (κ1) is 15.3. The average Bonchev–Trinajstić information content (AvgIpc) is 2.05. The van der Waals surface area contributed by atoms with Crippen LogP contribution in [0.5, 0.6) is 0 Å². The van der Waals surface area contributed by atoms with Gasteiger partial charge in [-0.1, -0.05) is 27.2 Å². The predicted octanol–water partition coefficient (Wildman–Crippen LogP) is 3.84. The standard InChI is InChI=1S/C11H21.Y/c1-6-9(4)10(5)11(7-2)8-3;/h9,11H,4-8H2,1-3H3;/q-1;. The summed E-state index contributed by atoms with van der Waals surface area (Å²) in [5.41, 5.74) is 1.34. The first-order valence-corrected chi connectivity index (χ1v) is 4.69. The van der Waals surface area contributed by atoms with Crippen molar-refractivity contribution in [2.45, 2.75) is 40.0 Å². The van der Waals surface area contributed by atoms with Crippen molar-refractivity contribution in [3.63, 3.8) is 0 Å². The third kappa shape index (κ3) is 4.77. The molecule has 0 aliphatic heterocycles. The van der Waals surface area contributed by atoms with E-state index in [4.69, 9.17) is 0 Å². The Morgan fingerprint density at radius 3 is 1.83 bits per heavy atom. The average molecular weight is 242 g/mol. The zero-order chi connectivity index (χ0) is 8.85. The Morgan fingerprint density at radius 2 is 1.58 bits per heavy atom. The Kier molecular flexibility index (Phi) is 10.8. The smallest absolute Gasteiger partial charge is 0 e. The third-order valence-electron chi connectivity index (χ3n) is 2.53. The molecule has 0 saturated carbocycles. The van der Waals surface area contributed by atoms with Crippen LogP contribution >= 0.6 is 0 Å². The van der Waals surface area contributed by atoms with Crippen LogP contribution in [0.15, 0.2) is 12.2 Å². The van der Waals surface area contributed by atoms with Gasteiger partial charge in [-0.3, -0.25) is 0 Å². The van der Waals surface area contributed by atoms with Gasteiger partial charge in [0.1, 0.15) is 0 Å². The Morgan fingerprint density at radius 1 is 1.17 bits per heavy atom. The molecule has 0 aromatic carbocycles. The summed E-state index contributed by atoms with van der Waals surface area (Å²) in [6.07, 6.45) is 3.54. The van der Waals surface area contributed by atoms with Gasteiger partial charge in [0.25, 0.3) is 0 Å². The fourth-order valence-corrected chi connectivity index (χ4v) is 1.41. The molecule has 0 amide bonds. The maximum absolute atomic E-state index is 4.10. The molecule has 1 heteroatoms. The maximum Gasteiger partial charge on any atom is 0 e. The molecule has 12 heavy (non-hydrogen) atoms. The van der Waals surface area contributed by atoms with E-state index in [2.05, 4.69) is 34.3 Å². The minimum Gasteiger partial charge on any atom is -0.336 e. The molecule has 1 radical (unpaired) electrons. The van der Waals surface area contributed by atoms with E-state index in [0.29, 0.717) is 11.8 Å². The molecule has 0 aromatic heterocycles. The number of hydrogen-bond donors (Lipinski definition) is 0. The quantitative estimate of drug-likeness (QED) is 0.507. The van der Waals surface area contributed by atoms with Crippen molar-refractivity contribution < 1.29 is 32.7 Å². The third-order valence-corrected chi connectivity index (χ3v) is 2.53. The largest absolute Gasteiger partial charge is 0.336 e. The molecule has 0 heterocycles. The topological polar surface area (TPSA) is 0 Å². The minimum absolute atomic E-state index is 0. The van der Waals surface area contributed by atoms with Crippen LogP contribution in [0.4, 0.5) is 0 Å². The van der Waals surface area contributed by atoms with E-state index in [1.807, 2.05) is 0 Å². The molecule has 69 valence electrons. The van der Waals surface area contributed by atoms with Crippen molar-refractivity contribution in [2.24, 2.45) is 11.8 Å². The van der Waals surface area contributed by atoms with Crippen molar-refractivity contribution in [3.05, 3.63) is 19.1 Å². The molecule has 0 spiro atoms. The molecule has 0 rings (SSSR count). The predicted molar refractivity (Wildman–Crippen MR) is 52.4 cm³/mol. The monoisotopic (exact) mass is 242 g/mol. The van der Waals surface area contributed by atoms with Gasteiger partial charge in [0.15, 0.2) is 0 Å². The van der Waals surface area contributed by atoms with Gasteiger partial charge < -0.3 is 6.92 Å². The molecular formula is C11H21Y-. The molecule has 0 aliphatic carbocycles. The van der Waals surface area contributed by atoms with Crippen molar-refractivity contribution in [1.29, 1.82) is 0 Å². The van der Waals surface area contributed by atoms with Gasteiger partial charge >= 0.3 is 0 Å². The Hall–Kier alpha value is 0.844. The first-order valence-electron chi connectivity index (χ1n) is 4.69. The van der Waals surface area contributed by atoms with Crippen LogP contribution in [-0.2, 0) is 32.7 Å². The van der Waals surface area contributed by atoms with Crippen LogP contribution in [0.1, 0.15) is 40.0 Å². The van der Waals surface area contributed by atoms with Gasteiger partial charge in [0.05, 0.1) is 0 Å². The zero-order valence-corrected chi connectivity index (χ0v) is 11.6. The summed E-state index contributed by atoms with van der Waals surface area (Å²) in [5, 5.41) is 0. The Labute approximate surface area is 103 Å². The summed E-state index contributed by atoms with van der Waals surface area (Å²) in [6, 6.07) is 0. The second-order valence-electron chi connectivity index (χ2n) is 3.19. The second kappa shape index (κ2) is 8.44. The van der Waals surface area contributed by atoms with Crippen molar-refractivity contribution in [3.8, 4) is 0 Å². The molecular weight excluding hydrogens is 221 g/mol. The van der Waals surface area contributed by atoms with E-state index < -0.39 is 0 Å². The molecule has 0 saturated heterocycles. The van der Waals surface area contributed by atoms with Crippen molar-refractivity contribution in [2.75, 3.05) is 0 Å². The van der Waals surface area contributed by atoms with E-state index in [9.17, 15) is 0 Å². The van der Waals surface area contributed by atoms with Gasteiger partial charge in [0, 0.05) is 32.7 Å². The molecule has 0 nitrogen and oxygen atoms in total. The van der Waals surface area contributed by atoms with E-state index in [1.165, 1.54) is 18.4 Å². The first-order chi connectivity index (χ1) is 5.17. The Bertz CT molecular complexity index is 114. The SMILES string of the molecule is C=C(C([CH2-])CC)C(CC)CC.[Y]. The number of allylic oxidation sites excluding steroid dienone is 1. The van der Waals surface area contributed by atoms with Crippen LogP contribution in [0.3, 0.4) is 0 Å². The fourth-order valence-electron chi connectivity index (χ4n) is 1.41. The summed E-state index contributed by atoms with van der Waals surface area (Å²) in [5.74, 6) is 1.15. The van der Waals surface area contributed by atoms with E-state index in [1.54, 1.807) is 0 Å². The van der Waals surface area contributed by atoms with Gasteiger partial charge in [-0.25, -0.2) is 0 Å². The zero-order valence-electron chi connectivity index (χ0n) is 8.77. The molecule has 0 aliphatic rings. The van der Waals surface area contributed by atoms with E-state index >= 15 is 0 Å². The molecule has 1 atom stereocenters. The van der Waals surface area contributed by atoms with Crippen LogP contribution in [0.25, 0.3) is 0 Å². The van der Waals surface area contributed by atoms with Crippen LogP contribution in [-0.4, -0.2) is 0 Å².